The molecule has 1 heterocycles. The van der Waals surface area contributed by atoms with E-state index < -0.39 is 0 Å². The molecule has 0 atom stereocenters. The Balaban J connectivity index is 2.37. The van der Waals surface area contributed by atoms with Gasteiger partial charge in [-0.3, -0.25) is 0 Å². The van der Waals surface area contributed by atoms with E-state index in [2.05, 4.69) is 36.5 Å². The van der Waals surface area contributed by atoms with E-state index in [-0.39, 0.29) is 0 Å². The number of rotatable bonds is 4. The van der Waals surface area contributed by atoms with Crippen LogP contribution in [0, 0.1) is 0 Å². The molecule has 0 fully saturated rings. The number of halogens is 1. The molecule has 0 unspecified atom stereocenters. The molecular formula is C7H11BrN4. The summed E-state index contributed by atoms with van der Waals surface area (Å²) in [6, 6.07) is 0. The highest BCUT2D eigenvalue weighted by Crippen LogP contribution is 2.05. The molecular weight excluding hydrogens is 220 g/mol. The van der Waals surface area contributed by atoms with E-state index in [0.29, 0.717) is 0 Å². The highest BCUT2D eigenvalue weighted by atomic mass is 79.9. The first-order valence-electron chi connectivity index (χ1n) is 3.69. The first kappa shape index (κ1) is 9.41. The second-order valence-corrected chi connectivity index (χ2v) is 3.07. The Morgan fingerprint density at radius 1 is 1.33 bits per heavy atom. The molecule has 0 saturated heterocycles. The highest BCUT2D eigenvalue weighted by molar-refractivity contribution is 9.10. The third-order valence-corrected chi connectivity index (χ3v) is 1.71. The van der Waals surface area contributed by atoms with E-state index in [1.54, 1.807) is 12.4 Å². The quantitative estimate of drug-likeness (QED) is 0.755. The van der Waals surface area contributed by atoms with Crippen molar-refractivity contribution < 1.29 is 0 Å². The second-order valence-electron chi connectivity index (χ2n) is 2.25. The Hall–Kier alpha value is -0.680. The van der Waals surface area contributed by atoms with Gasteiger partial charge in [0.2, 0.25) is 0 Å². The Morgan fingerprint density at radius 3 is 2.75 bits per heavy atom. The monoisotopic (exact) mass is 230 g/mol. The van der Waals surface area contributed by atoms with Crippen molar-refractivity contribution in [2.75, 3.05) is 25.5 Å². The maximum Gasteiger partial charge on any atom is 0.144 e. The molecule has 1 rings (SSSR count). The van der Waals surface area contributed by atoms with Gasteiger partial charge in [0.25, 0.3) is 0 Å². The van der Waals surface area contributed by atoms with E-state index in [0.717, 1.165) is 23.5 Å². The third-order valence-electron chi connectivity index (χ3n) is 1.30. The van der Waals surface area contributed by atoms with Crippen LogP contribution in [0.4, 0.5) is 5.82 Å². The van der Waals surface area contributed by atoms with Gasteiger partial charge in [-0.25, -0.2) is 9.97 Å². The molecule has 0 aliphatic rings. The van der Waals surface area contributed by atoms with Gasteiger partial charge in [0.15, 0.2) is 0 Å². The molecule has 12 heavy (non-hydrogen) atoms. The topological polar surface area (TPSA) is 49.8 Å². The van der Waals surface area contributed by atoms with E-state index >= 15 is 0 Å². The summed E-state index contributed by atoms with van der Waals surface area (Å²) in [6.07, 6.45) is 3.36. The van der Waals surface area contributed by atoms with Crippen molar-refractivity contribution >= 4 is 21.7 Å². The van der Waals surface area contributed by atoms with Gasteiger partial charge in [0.1, 0.15) is 10.4 Å². The van der Waals surface area contributed by atoms with Crippen molar-refractivity contribution in [3.63, 3.8) is 0 Å². The van der Waals surface area contributed by atoms with Crippen molar-refractivity contribution in [2.45, 2.75) is 0 Å². The van der Waals surface area contributed by atoms with Gasteiger partial charge in [0, 0.05) is 13.1 Å². The number of hydrogen-bond acceptors (Lipinski definition) is 4. The molecule has 0 amide bonds. The molecule has 0 bridgehead atoms. The van der Waals surface area contributed by atoms with Crippen molar-refractivity contribution in [1.82, 2.24) is 15.3 Å². The van der Waals surface area contributed by atoms with E-state index in [1.807, 2.05) is 7.05 Å². The zero-order chi connectivity index (χ0) is 8.81. The smallest absolute Gasteiger partial charge is 0.144 e. The molecule has 0 aliphatic heterocycles. The summed E-state index contributed by atoms with van der Waals surface area (Å²) in [7, 11) is 1.91. The number of hydrogen-bond donors (Lipinski definition) is 2. The van der Waals surface area contributed by atoms with Crippen LogP contribution in [0.1, 0.15) is 0 Å². The van der Waals surface area contributed by atoms with Crippen LogP contribution < -0.4 is 10.6 Å². The summed E-state index contributed by atoms with van der Waals surface area (Å²) in [5, 5.41) is 6.15. The molecule has 0 spiro atoms. The Kier molecular flexibility index (Phi) is 3.96. The van der Waals surface area contributed by atoms with Crippen molar-refractivity contribution in [3.8, 4) is 0 Å². The molecule has 0 saturated carbocycles. The van der Waals surface area contributed by atoms with Crippen LogP contribution >= 0.6 is 15.9 Å². The largest absolute Gasteiger partial charge is 0.368 e. The van der Waals surface area contributed by atoms with Gasteiger partial charge in [0.05, 0.1) is 12.4 Å². The van der Waals surface area contributed by atoms with Crippen LogP contribution in [0.15, 0.2) is 17.0 Å². The maximum absolute atomic E-state index is 4.10. The van der Waals surface area contributed by atoms with E-state index in [1.165, 1.54) is 0 Å². The minimum Gasteiger partial charge on any atom is -0.368 e. The molecule has 0 radical (unpaired) electrons. The van der Waals surface area contributed by atoms with E-state index in [9.17, 15) is 0 Å². The Bertz CT molecular complexity index is 223. The fraction of sp³-hybridized carbons (Fsp3) is 0.429. The van der Waals surface area contributed by atoms with Crippen molar-refractivity contribution in [2.24, 2.45) is 0 Å². The number of anilines is 1. The fourth-order valence-electron chi connectivity index (χ4n) is 0.719. The lowest BCUT2D eigenvalue weighted by atomic mass is 10.6. The third kappa shape index (κ3) is 3.15. The summed E-state index contributed by atoms with van der Waals surface area (Å²) < 4.78 is 0.752. The summed E-state index contributed by atoms with van der Waals surface area (Å²) in [6.45, 7) is 1.77. The average molecular weight is 231 g/mol. The molecule has 5 heteroatoms. The van der Waals surface area contributed by atoms with Gasteiger partial charge >= 0.3 is 0 Å². The zero-order valence-corrected chi connectivity index (χ0v) is 8.43. The van der Waals surface area contributed by atoms with Gasteiger partial charge in [-0.05, 0) is 23.0 Å². The fourth-order valence-corrected chi connectivity index (χ4v) is 0.924. The molecule has 0 aliphatic carbocycles. The van der Waals surface area contributed by atoms with Crippen LogP contribution in [0.5, 0.6) is 0 Å². The Labute approximate surface area is 79.9 Å². The molecule has 0 aromatic carbocycles. The number of nitrogens with zero attached hydrogens (tertiary/aromatic N) is 2. The lowest BCUT2D eigenvalue weighted by Gasteiger charge is -2.03. The lowest BCUT2D eigenvalue weighted by molar-refractivity contribution is 0.820. The minimum absolute atomic E-state index is 0.752. The van der Waals surface area contributed by atoms with Crippen LogP contribution in [0.2, 0.25) is 0 Å². The number of nitrogens with one attached hydrogen (secondary N) is 2. The average Bonchev–Trinajstić information content (AvgIpc) is 2.09. The standard InChI is InChI=1S/C7H11BrN4/c1-9-2-3-10-7-5-11-6(8)4-12-7/h4-5,9H,2-3H2,1H3,(H,10,12). The minimum atomic E-state index is 0.752. The molecule has 2 N–H and O–H groups in total. The normalized spacial score (nSPS) is 9.83. The van der Waals surface area contributed by atoms with Crippen LogP contribution in [0.25, 0.3) is 0 Å². The summed E-state index contributed by atoms with van der Waals surface area (Å²) in [4.78, 5) is 8.13. The predicted octanol–water partition coefficient (Wildman–Crippen LogP) is 0.870. The van der Waals surface area contributed by atoms with Crippen molar-refractivity contribution in [3.05, 3.63) is 17.0 Å². The molecule has 1 aromatic heterocycles. The van der Waals surface area contributed by atoms with Gasteiger partial charge in [-0.2, -0.15) is 0 Å². The predicted molar refractivity (Wildman–Crippen MR) is 52.1 cm³/mol. The first-order valence-corrected chi connectivity index (χ1v) is 4.48. The summed E-state index contributed by atoms with van der Waals surface area (Å²) in [5.41, 5.74) is 0. The van der Waals surface area contributed by atoms with Crippen LogP contribution in [-0.4, -0.2) is 30.1 Å². The van der Waals surface area contributed by atoms with Gasteiger partial charge in [-0.15, -0.1) is 0 Å². The van der Waals surface area contributed by atoms with Gasteiger partial charge < -0.3 is 10.6 Å². The summed E-state index contributed by atoms with van der Waals surface area (Å²) in [5.74, 6) is 0.799. The molecule has 66 valence electrons. The number of likely N-dealkylation sites (N-methyl/N-ethyl adjacent to an activating group) is 1. The van der Waals surface area contributed by atoms with E-state index in [4.69, 9.17) is 0 Å². The summed E-state index contributed by atoms with van der Waals surface area (Å²) >= 11 is 3.21. The van der Waals surface area contributed by atoms with Gasteiger partial charge in [-0.1, -0.05) is 0 Å². The maximum atomic E-state index is 4.10. The Morgan fingerprint density at radius 2 is 2.17 bits per heavy atom. The zero-order valence-electron chi connectivity index (χ0n) is 6.84. The lowest BCUT2D eigenvalue weighted by Crippen LogP contribution is -2.18. The first-order chi connectivity index (χ1) is 5.83. The SMILES string of the molecule is CNCCNc1cnc(Br)cn1. The van der Waals surface area contributed by atoms with Crippen LogP contribution in [0.3, 0.4) is 0 Å². The molecule has 4 nitrogen and oxygen atoms in total. The van der Waals surface area contributed by atoms with Crippen molar-refractivity contribution in [1.29, 1.82) is 0 Å². The number of aromatic nitrogens is 2. The highest BCUT2D eigenvalue weighted by Gasteiger charge is 1.92. The molecule has 1 aromatic rings. The van der Waals surface area contributed by atoms with Crippen LogP contribution in [-0.2, 0) is 0 Å². The second kappa shape index (κ2) is 5.05.